The number of carbonyl (C=O) groups excluding carboxylic acids is 5. The number of para-hydroxylation sites is 1. The summed E-state index contributed by atoms with van der Waals surface area (Å²) in [6, 6.07) is 21.5. The van der Waals surface area contributed by atoms with Crippen molar-refractivity contribution in [2.75, 3.05) is 69.9 Å². The lowest BCUT2D eigenvalue weighted by molar-refractivity contribution is -0.274. The number of pyridine rings is 1. The number of nitrogens with zero attached hydrogens (tertiary/aromatic N) is 7. The van der Waals surface area contributed by atoms with Gasteiger partial charge in [0.15, 0.2) is 29.3 Å². The summed E-state index contributed by atoms with van der Waals surface area (Å²) in [5.74, 6) is -3.76. The molecule has 27 nitrogen and oxygen atoms in total. The van der Waals surface area contributed by atoms with Crippen LogP contribution in [0.15, 0.2) is 91.1 Å². The molecular weight excluding hydrogens is 1260 g/mol. The second kappa shape index (κ2) is 27.3. The number of carbonyl (C=O) groups is 7. The van der Waals surface area contributed by atoms with Crippen molar-refractivity contribution in [1.82, 2.24) is 34.9 Å². The van der Waals surface area contributed by atoms with Gasteiger partial charge in [-0.2, -0.15) is 5.10 Å². The molecule has 7 aliphatic rings. The first-order valence-corrected chi connectivity index (χ1v) is 32.7. The second-order valence-electron chi connectivity index (χ2n) is 26.8. The molecule has 28 heteroatoms. The van der Waals surface area contributed by atoms with E-state index in [0.717, 1.165) is 82.6 Å². The first kappa shape index (κ1) is 67.1. The molecule has 6 aromatic rings. The van der Waals surface area contributed by atoms with Crippen molar-refractivity contribution in [3.63, 3.8) is 0 Å². The summed E-state index contributed by atoms with van der Waals surface area (Å²) in [4.78, 5) is 102. The quantitative estimate of drug-likeness (QED) is 0.0246. The second-order valence-corrected chi connectivity index (χ2v) is 27.8. The van der Waals surface area contributed by atoms with E-state index in [0.29, 0.717) is 53.7 Å². The number of ether oxygens (including phenoxy) is 6. The van der Waals surface area contributed by atoms with Crippen molar-refractivity contribution >= 4 is 74.2 Å². The van der Waals surface area contributed by atoms with E-state index in [9.17, 15) is 59.1 Å². The number of aromatic nitrogens is 4. The molecule has 508 valence electrons. The monoisotopic (exact) mass is 1340 g/mol. The van der Waals surface area contributed by atoms with Crippen molar-refractivity contribution < 1.29 is 87.5 Å². The minimum atomic E-state index is -2.01. The summed E-state index contributed by atoms with van der Waals surface area (Å²) in [6.45, 7) is 8.39. The highest BCUT2D eigenvalue weighted by Gasteiger charge is 2.66. The molecule has 0 spiro atoms. The number of carboxylic acids is 2. The minimum absolute atomic E-state index is 0.00673. The molecule has 3 aromatic carbocycles. The van der Waals surface area contributed by atoms with Crippen LogP contribution in [0.5, 0.6) is 11.5 Å². The summed E-state index contributed by atoms with van der Waals surface area (Å²) in [5, 5.41) is 63.6. The molecule has 3 aliphatic heterocycles. The Morgan fingerprint density at radius 1 is 0.844 bits per heavy atom. The van der Waals surface area contributed by atoms with Gasteiger partial charge in [-0.05, 0) is 122 Å². The Bertz CT molecular complexity index is 3970. The summed E-state index contributed by atoms with van der Waals surface area (Å²) in [6.07, 6.45) is -0.351. The lowest BCUT2D eigenvalue weighted by Crippen LogP contribution is -2.64. The van der Waals surface area contributed by atoms with Gasteiger partial charge in [-0.3, -0.25) is 34.1 Å². The number of aromatic carboxylic acids is 1. The largest absolute Gasteiger partial charge is 0.491 e. The molecule has 7 atom stereocenters. The number of amides is 5. The zero-order valence-corrected chi connectivity index (χ0v) is 54.4. The molecule has 5 fully saturated rings. The van der Waals surface area contributed by atoms with Crippen molar-refractivity contribution in [3.05, 3.63) is 125 Å². The highest BCUT2D eigenvalue weighted by Crippen LogP contribution is 2.72. The zero-order chi connectivity index (χ0) is 67.8. The first-order chi connectivity index (χ1) is 45.9. The third-order valence-electron chi connectivity index (χ3n) is 19.1. The average molecular weight is 1340 g/mol. The number of rotatable bonds is 26. The van der Waals surface area contributed by atoms with Gasteiger partial charge in [0.25, 0.3) is 17.7 Å². The number of thiazole rings is 1. The molecule has 4 aliphatic carbocycles. The molecule has 1 saturated heterocycles. The van der Waals surface area contributed by atoms with E-state index in [4.69, 9.17) is 38.5 Å². The van der Waals surface area contributed by atoms with Crippen LogP contribution < -0.4 is 25.0 Å². The number of likely N-dealkylation sites (N-methyl/N-ethyl adjacent to an activating group) is 1. The maximum Gasteiger partial charge on any atom is 0.409 e. The maximum atomic E-state index is 13.8. The first-order valence-electron chi connectivity index (χ1n) is 31.9. The Morgan fingerprint density at radius 3 is 2.36 bits per heavy atom. The van der Waals surface area contributed by atoms with Crippen LogP contribution in [0.1, 0.15) is 102 Å². The summed E-state index contributed by atoms with van der Waals surface area (Å²) in [7, 11) is 1.58. The van der Waals surface area contributed by atoms with E-state index in [1.165, 1.54) is 28.4 Å². The number of anilines is 2. The van der Waals surface area contributed by atoms with Gasteiger partial charge in [-0.1, -0.05) is 49.4 Å². The fourth-order valence-electron chi connectivity index (χ4n) is 15.9. The summed E-state index contributed by atoms with van der Waals surface area (Å²) < 4.78 is 38.3. The molecule has 6 heterocycles. The normalized spacial score (nSPS) is 25.6. The number of hydrogen-bond donors (Lipinski definition) is 7. The molecule has 3 aromatic heterocycles. The van der Waals surface area contributed by atoms with Crippen molar-refractivity contribution in [3.8, 4) is 22.6 Å². The van der Waals surface area contributed by atoms with E-state index in [2.05, 4.69) is 29.5 Å². The highest BCUT2D eigenvalue weighted by atomic mass is 32.1. The Morgan fingerprint density at radius 2 is 1.61 bits per heavy atom. The van der Waals surface area contributed by atoms with Crippen LogP contribution in [0.2, 0.25) is 0 Å². The topological polar surface area (TPSA) is 353 Å². The number of aliphatic hydroxyl groups is 3. The fourth-order valence-corrected chi connectivity index (χ4v) is 16.7. The lowest BCUT2D eigenvalue weighted by atomic mass is 9.39. The number of aliphatic carboxylic acids is 1. The molecular formula is C68H77N9O18S. The molecule has 13 rings (SSSR count). The predicted molar refractivity (Wildman–Crippen MR) is 345 cm³/mol. The Balaban J connectivity index is 0.662. The molecule has 96 heavy (non-hydrogen) atoms. The maximum absolute atomic E-state index is 13.8. The number of carboxylic acid groups (broad SMARTS) is 2. The number of benzene rings is 3. The smallest absolute Gasteiger partial charge is 0.409 e. The molecule has 7 N–H and O–H groups in total. The molecule has 4 saturated carbocycles. The third kappa shape index (κ3) is 14.3. The van der Waals surface area contributed by atoms with E-state index in [1.54, 1.807) is 31.4 Å². The van der Waals surface area contributed by atoms with Crippen molar-refractivity contribution in [1.29, 1.82) is 0 Å². The van der Waals surface area contributed by atoms with Gasteiger partial charge in [-0.25, -0.2) is 24.4 Å². The van der Waals surface area contributed by atoms with Crippen molar-refractivity contribution in [2.45, 2.75) is 128 Å². The SMILES string of the molecule is Cc1c(-c2ccc(N3CCc4cccc(C(=O)Nc5nc6ccccc6s5)c4C3)nc2C(=O)O)cnn1CC12CC3(C)CC(C)(C1)CC(OCCN(C)C(=O)OCc1ccc(OCCOCCNC(=O)CCN4C(=O)C=CC4=O)cc1O[C@@H]1[C@@H](O)[C@H](O)[C@@H](C(=O)O)O[C@H]1O)(C3)C2. The zero-order valence-electron chi connectivity index (χ0n) is 53.6. The van der Waals surface area contributed by atoms with E-state index < -0.39 is 66.2 Å². The molecule has 5 amide bonds. The third-order valence-corrected chi connectivity index (χ3v) is 20.1. The van der Waals surface area contributed by atoms with Crippen LogP contribution in [-0.2, 0) is 64.2 Å². The number of aliphatic hydroxyl groups excluding tert-OH is 3. The van der Waals surface area contributed by atoms with Gasteiger partial charge in [0.2, 0.25) is 5.91 Å². The average Bonchev–Trinajstić information content (AvgIpc) is 0.719. The van der Waals surface area contributed by atoms with Gasteiger partial charge in [-0.15, -0.1) is 0 Å². The van der Waals surface area contributed by atoms with Crippen LogP contribution in [0.3, 0.4) is 0 Å². The van der Waals surface area contributed by atoms with Gasteiger partial charge in [0, 0.05) is 98.9 Å². The fraction of sp³-hybridized carbons (Fsp3) is 0.471. The van der Waals surface area contributed by atoms with E-state index in [1.807, 2.05) is 59.0 Å². The van der Waals surface area contributed by atoms with E-state index in [-0.39, 0.29) is 110 Å². The van der Waals surface area contributed by atoms with Crippen LogP contribution in [-0.4, -0.2) is 193 Å². The van der Waals surface area contributed by atoms with Gasteiger partial charge in [0.1, 0.15) is 42.7 Å². The van der Waals surface area contributed by atoms with Crippen LogP contribution in [0.25, 0.3) is 21.3 Å². The van der Waals surface area contributed by atoms with Crippen LogP contribution in [0.4, 0.5) is 15.7 Å². The predicted octanol–water partition coefficient (Wildman–Crippen LogP) is 5.88. The van der Waals surface area contributed by atoms with Gasteiger partial charge < -0.3 is 69.1 Å². The standard InChI is InChI=1S/C68H77N9O18S/c1-39-45(43-14-15-50(72-54(43)60(84)85)75-21-18-40-8-7-9-44(46(40)30-75)59(83)73-63-71-47-10-5-6-11-49(47)96-63)29-70-77(39)38-67-33-65(2)32-66(3,34-67)36-68(35-65,37-67)93-25-23-74(4)64(89)92-31-41-12-13-42(28-48(41)94-58-56(82)55(81)57(61(86)87)95-62(58)88)91-27-26-90-24-20-69-51(78)19-22-76-52(79)16-17-53(76)80/h5-17,28-29,55-58,62,81-82,88H,18-27,30-38H2,1-4H3,(H,69,78)(H,84,85)(H,86,87)(H,71,73,83)/t55-,56-,57-,58+,62+,65?,66?,67?,68?/m0/s1. The molecule has 0 radical (unpaired) electrons. The summed E-state index contributed by atoms with van der Waals surface area (Å²) in [5.41, 5.74) is 4.45. The number of hydrogen-bond acceptors (Lipinski definition) is 21. The lowest BCUT2D eigenvalue weighted by Gasteiger charge is -2.69. The minimum Gasteiger partial charge on any atom is -0.491 e. The Hall–Kier alpha value is -8.90. The number of nitrogens with one attached hydrogen (secondary N) is 2. The van der Waals surface area contributed by atoms with Crippen LogP contribution >= 0.6 is 11.3 Å². The molecule has 4 bridgehead atoms. The number of fused-ring (bicyclic) bond motifs is 2. The van der Waals surface area contributed by atoms with Gasteiger partial charge in [0.05, 0.1) is 41.8 Å². The Kier molecular flexibility index (Phi) is 19.1. The van der Waals surface area contributed by atoms with Crippen molar-refractivity contribution in [2.24, 2.45) is 16.2 Å². The molecule has 2 unspecified atom stereocenters. The van der Waals surface area contributed by atoms with E-state index >= 15 is 0 Å². The highest BCUT2D eigenvalue weighted by molar-refractivity contribution is 7.22. The van der Waals surface area contributed by atoms with Gasteiger partial charge >= 0.3 is 18.0 Å². The summed E-state index contributed by atoms with van der Waals surface area (Å²) >= 11 is 1.40. The number of imide groups is 1. The Labute approximate surface area is 555 Å². The van der Waals surface area contributed by atoms with Crippen LogP contribution in [0, 0.1) is 23.2 Å².